The molecule has 1 saturated heterocycles. The van der Waals surface area contributed by atoms with Gasteiger partial charge in [0.05, 0.1) is 26.3 Å². The Morgan fingerprint density at radius 3 is 1.82 bits per heavy atom. The van der Waals surface area contributed by atoms with E-state index in [1.165, 1.54) is 4.90 Å². The van der Waals surface area contributed by atoms with Crippen molar-refractivity contribution < 1.29 is 33.3 Å². The van der Waals surface area contributed by atoms with E-state index in [4.69, 9.17) is 18.9 Å². The molecule has 1 aliphatic carbocycles. The zero-order chi connectivity index (χ0) is 43.2. The fourth-order valence-corrected chi connectivity index (χ4v) is 8.56. The Labute approximate surface area is 362 Å². The predicted octanol–water partition coefficient (Wildman–Crippen LogP) is 9.22. The SMILES string of the molecule is COc1ccc(C(NC(=O)[C@H]2CCCN2C(=O)OCC2c3ccccc3-c3ccccc32)c2ccc(OCC(=O)NC(c3ccc(C)cc3)c3ccc(C)cc3)cc2)c(OC)c1. The molecule has 1 fully saturated rings. The van der Waals surface area contributed by atoms with E-state index in [0.29, 0.717) is 42.2 Å². The summed E-state index contributed by atoms with van der Waals surface area (Å²) in [4.78, 5) is 43.0. The van der Waals surface area contributed by atoms with E-state index >= 15 is 0 Å². The van der Waals surface area contributed by atoms with E-state index in [2.05, 4.69) is 34.9 Å². The zero-order valence-corrected chi connectivity index (χ0v) is 35.4. The minimum Gasteiger partial charge on any atom is -0.497 e. The average molecular weight is 830 g/mol. The van der Waals surface area contributed by atoms with Crippen LogP contribution in [-0.4, -0.2) is 62.8 Å². The van der Waals surface area contributed by atoms with Crippen molar-refractivity contribution in [1.29, 1.82) is 0 Å². The normalized spacial score (nSPS) is 14.7. The number of rotatable bonds is 14. The third-order valence-electron chi connectivity index (χ3n) is 11.9. The number of amides is 3. The van der Waals surface area contributed by atoms with Gasteiger partial charge in [-0.2, -0.15) is 0 Å². The maximum atomic E-state index is 14.3. The number of methoxy groups -OCH3 is 2. The van der Waals surface area contributed by atoms with Gasteiger partial charge in [0, 0.05) is 24.1 Å². The standard InChI is InChI=1S/C52H51N3O7/c1-33-15-19-35(20-16-33)49(36-21-17-34(2)18-22-36)53-48(56)32-61-38-25-23-37(24-26-38)50(44-28-27-39(59-3)30-47(44)60-4)54-51(57)46-14-9-29-55(46)52(58)62-31-45-42-12-7-5-10-40(42)41-11-6-8-13-43(41)45/h5-8,10-13,15-28,30,45-46,49-50H,9,14,29,31-32H2,1-4H3,(H,53,56)(H,54,57)/t46-,50?/m1/s1. The van der Waals surface area contributed by atoms with E-state index < -0.39 is 18.2 Å². The summed E-state index contributed by atoms with van der Waals surface area (Å²) in [6.07, 6.45) is 0.638. The molecule has 1 aliphatic heterocycles. The first-order valence-corrected chi connectivity index (χ1v) is 21.0. The lowest BCUT2D eigenvalue weighted by molar-refractivity contribution is -0.125. The molecule has 2 N–H and O–H groups in total. The molecule has 0 bridgehead atoms. The highest BCUT2D eigenvalue weighted by Crippen LogP contribution is 2.44. The molecule has 0 aromatic heterocycles. The smallest absolute Gasteiger partial charge is 0.410 e. The summed E-state index contributed by atoms with van der Waals surface area (Å²) in [6, 6.07) is 43.6. The third-order valence-corrected chi connectivity index (χ3v) is 11.9. The second kappa shape index (κ2) is 18.7. The summed E-state index contributed by atoms with van der Waals surface area (Å²) in [5.41, 5.74) is 10.2. The van der Waals surface area contributed by atoms with Gasteiger partial charge in [-0.3, -0.25) is 14.5 Å². The first-order valence-electron chi connectivity index (χ1n) is 21.0. The van der Waals surface area contributed by atoms with Crippen LogP contribution in [0, 0.1) is 13.8 Å². The molecule has 3 amide bonds. The van der Waals surface area contributed by atoms with Gasteiger partial charge in [0.2, 0.25) is 5.91 Å². The summed E-state index contributed by atoms with van der Waals surface area (Å²) in [5, 5.41) is 6.38. The highest BCUT2D eigenvalue weighted by molar-refractivity contribution is 5.87. The molecule has 62 heavy (non-hydrogen) atoms. The van der Waals surface area contributed by atoms with Gasteiger partial charge in [0.15, 0.2) is 6.61 Å². The van der Waals surface area contributed by atoms with E-state index in [1.807, 2.05) is 111 Å². The van der Waals surface area contributed by atoms with E-state index in [-0.39, 0.29) is 37.0 Å². The monoisotopic (exact) mass is 829 g/mol. The lowest BCUT2D eigenvalue weighted by Gasteiger charge is -2.28. The van der Waals surface area contributed by atoms with Crippen molar-refractivity contribution in [1.82, 2.24) is 15.5 Å². The van der Waals surface area contributed by atoms with Gasteiger partial charge in [-0.1, -0.05) is 120 Å². The molecule has 1 heterocycles. The van der Waals surface area contributed by atoms with Gasteiger partial charge >= 0.3 is 6.09 Å². The Morgan fingerprint density at radius 2 is 1.23 bits per heavy atom. The molecule has 0 radical (unpaired) electrons. The molecular weight excluding hydrogens is 779 g/mol. The molecule has 8 rings (SSSR count). The second-order valence-electron chi connectivity index (χ2n) is 15.9. The first kappa shape index (κ1) is 41.7. The largest absolute Gasteiger partial charge is 0.497 e. The van der Waals surface area contributed by atoms with Crippen LogP contribution < -0.4 is 24.8 Å². The van der Waals surface area contributed by atoms with Crippen LogP contribution in [0.15, 0.2) is 140 Å². The topological polar surface area (TPSA) is 115 Å². The Balaban J connectivity index is 0.962. The Bertz CT molecular complexity index is 2450. The number of carbonyl (C=O) groups excluding carboxylic acids is 3. The molecule has 6 aromatic rings. The Morgan fingerprint density at radius 1 is 0.661 bits per heavy atom. The van der Waals surface area contributed by atoms with Crippen LogP contribution in [0.5, 0.6) is 17.2 Å². The van der Waals surface area contributed by atoms with Crippen molar-refractivity contribution >= 4 is 17.9 Å². The van der Waals surface area contributed by atoms with Crippen LogP contribution in [0.2, 0.25) is 0 Å². The van der Waals surface area contributed by atoms with Crippen molar-refractivity contribution in [2.75, 3.05) is 34.0 Å². The van der Waals surface area contributed by atoms with Gasteiger partial charge < -0.3 is 29.6 Å². The molecular formula is C52H51N3O7. The molecule has 2 atom stereocenters. The summed E-state index contributed by atoms with van der Waals surface area (Å²) < 4.78 is 23.3. The fourth-order valence-electron chi connectivity index (χ4n) is 8.56. The molecule has 10 heteroatoms. The van der Waals surface area contributed by atoms with Crippen LogP contribution in [-0.2, 0) is 14.3 Å². The van der Waals surface area contributed by atoms with Crippen LogP contribution in [0.3, 0.4) is 0 Å². The number of aryl methyl sites for hydroxylation is 2. The minimum absolute atomic E-state index is 0.0938. The van der Waals surface area contributed by atoms with Gasteiger partial charge in [0.1, 0.15) is 29.9 Å². The number of hydrogen-bond acceptors (Lipinski definition) is 7. The Hall–Kier alpha value is -7.07. The second-order valence-corrected chi connectivity index (χ2v) is 15.9. The fraction of sp³-hybridized carbons (Fsp3) is 0.250. The maximum absolute atomic E-state index is 14.3. The predicted molar refractivity (Wildman–Crippen MR) is 239 cm³/mol. The molecule has 316 valence electrons. The first-order chi connectivity index (χ1) is 30.2. The highest BCUT2D eigenvalue weighted by Gasteiger charge is 2.38. The van der Waals surface area contributed by atoms with Crippen molar-refractivity contribution in [2.24, 2.45) is 0 Å². The summed E-state index contributed by atoms with van der Waals surface area (Å²) in [6.45, 7) is 4.43. The summed E-state index contributed by atoms with van der Waals surface area (Å²) in [7, 11) is 3.15. The van der Waals surface area contributed by atoms with Gasteiger partial charge in [-0.25, -0.2) is 4.79 Å². The van der Waals surface area contributed by atoms with Crippen LogP contribution in [0.4, 0.5) is 4.79 Å². The maximum Gasteiger partial charge on any atom is 0.410 e. The summed E-state index contributed by atoms with van der Waals surface area (Å²) in [5.74, 6) is 0.919. The number of likely N-dealkylation sites (tertiary alicyclic amines) is 1. The number of fused-ring (bicyclic) bond motifs is 3. The van der Waals surface area contributed by atoms with Crippen molar-refractivity contribution in [3.05, 3.63) is 184 Å². The van der Waals surface area contributed by atoms with Crippen molar-refractivity contribution in [3.63, 3.8) is 0 Å². The number of hydrogen-bond donors (Lipinski definition) is 2. The number of benzene rings is 6. The van der Waals surface area contributed by atoms with Crippen molar-refractivity contribution in [3.8, 4) is 28.4 Å². The molecule has 1 unspecified atom stereocenters. The van der Waals surface area contributed by atoms with Gasteiger partial charge in [0.25, 0.3) is 5.91 Å². The molecule has 6 aromatic carbocycles. The summed E-state index contributed by atoms with van der Waals surface area (Å²) >= 11 is 0. The van der Waals surface area contributed by atoms with Crippen LogP contribution >= 0.6 is 0 Å². The quantitative estimate of drug-likeness (QED) is 0.113. The van der Waals surface area contributed by atoms with E-state index in [1.54, 1.807) is 32.4 Å². The number of ether oxygens (including phenoxy) is 4. The Kier molecular flexibility index (Phi) is 12.6. The molecule has 2 aliphatic rings. The van der Waals surface area contributed by atoms with Crippen molar-refractivity contribution in [2.45, 2.75) is 50.7 Å². The molecule has 0 spiro atoms. The number of nitrogens with one attached hydrogen (secondary N) is 2. The lowest BCUT2D eigenvalue weighted by Crippen LogP contribution is -2.47. The molecule has 10 nitrogen and oxygen atoms in total. The molecule has 0 saturated carbocycles. The minimum atomic E-state index is -0.734. The zero-order valence-electron chi connectivity index (χ0n) is 35.4. The third kappa shape index (κ3) is 9.00. The number of carbonyl (C=O) groups is 3. The van der Waals surface area contributed by atoms with Crippen LogP contribution in [0.1, 0.15) is 75.4 Å². The van der Waals surface area contributed by atoms with Gasteiger partial charge in [-0.15, -0.1) is 0 Å². The van der Waals surface area contributed by atoms with Crippen LogP contribution in [0.25, 0.3) is 11.1 Å². The highest BCUT2D eigenvalue weighted by atomic mass is 16.6. The van der Waals surface area contributed by atoms with E-state index in [9.17, 15) is 14.4 Å². The lowest BCUT2D eigenvalue weighted by atomic mass is 9.96. The van der Waals surface area contributed by atoms with Gasteiger partial charge in [-0.05, 0) is 89.9 Å². The van der Waals surface area contributed by atoms with E-state index in [0.717, 1.165) is 50.1 Å². The number of nitrogens with zero attached hydrogens (tertiary/aromatic N) is 1. The average Bonchev–Trinajstić information content (AvgIpc) is 3.93.